The summed E-state index contributed by atoms with van der Waals surface area (Å²) in [4.78, 5) is 16.7. The lowest BCUT2D eigenvalue weighted by molar-refractivity contribution is 0.0946. The van der Waals surface area contributed by atoms with Crippen molar-refractivity contribution in [3.05, 3.63) is 53.2 Å². The smallest absolute Gasteiger partial charge is 0.272 e. The largest absolute Gasteiger partial charge is 0.348 e. The molecule has 1 fully saturated rings. The minimum Gasteiger partial charge on any atom is -0.348 e. The third-order valence-corrected chi connectivity index (χ3v) is 4.04. The summed E-state index contributed by atoms with van der Waals surface area (Å²) >= 11 is 5.75. The summed E-state index contributed by atoms with van der Waals surface area (Å²) in [6.07, 6.45) is 5.26. The highest BCUT2D eigenvalue weighted by atomic mass is 35.5. The van der Waals surface area contributed by atoms with Gasteiger partial charge >= 0.3 is 0 Å². The number of rotatable bonds is 3. The van der Waals surface area contributed by atoms with Crippen LogP contribution in [0, 0.1) is 5.82 Å². The first-order valence-electron chi connectivity index (χ1n) is 7.23. The maximum absolute atomic E-state index is 13.8. The average Bonchev–Trinajstić information content (AvgIpc) is 3.27. The third kappa shape index (κ3) is 2.55. The number of hydrogen-bond donors (Lipinski definition) is 1. The van der Waals surface area contributed by atoms with Crippen LogP contribution >= 0.6 is 11.6 Å². The van der Waals surface area contributed by atoms with E-state index in [1.807, 2.05) is 0 Å². The van der Waals surface area contributed by atoms with Gasteiger partial charge in [0.15, 0.2) is 11.3 Å². The van der Waals surface area contributed by atoms with Crippen LogP contribution in [0.4, 0.5) is 4.39 Å². The molecule has 4 rings (SSSR count). The summed E-state index contributed by atoms with van der Waals surface area (Å²) in [6, 6.07) is 6.33. The van der Waals surface area contributed by atoms with E-state index < -0.39 is 5.82 Å². The Hall–Kier alpha value is -2.47. The number of amides is 1. The van der Waals surface area contributed by atoms with Crippen LogP contribution in [0.5, 0.6) is 0 Å². The first-order chi connectivity index (χ1) is 11.1. The molecular formula is C16H12ClFN4O. The summed E-state index contributed by atoms with van der Waals surface area (Å²) in [5.41, 5.74) is 1.74. The maximum atomic E-state index is 13.8. The van der Waals surface area contributed by atoms with Crippen LogP contribution in [0.3, 0.4) is 0 Å². The number of nitrogens with zero attached hydrogens (tertiary/aromatic N) is 3. The topological polar surface area (TPSA) is 59.3 Å². The van der Waals surface area contributed by atoms with Gasteiger partial charge in [-0.25, -0.2) is 13.9 Å². The summed E-state index contributed by atoms with van der Waals surface area (Å²) in [5.74, 6) is -0.823. The van der Waals surface area contributed by atoms with Gasteiger partial charge in [0.2, 0.25) is 0 Å². The maximum Gasteiger partial charge on any atom is 0.272 e. The lowest BCUT2D eigenvalue weighted by Crippen LogP contribution is -2.26. The van der Waals surface area contributed by atoms with E-state index in [9.17, 15) is 9.18 Å². The van der Waals surface area contributed by atoms with Gasteiger partial charge in [0.1, 0.15) is 5.82 Å². The second-order valence-corrected chi connectivity index (χ2v) is 5.90. The zero-order chi connectivity index (χ0) is 16.0. The van der Waals surface area contributed by atoms with Gasteiger partial charge in [-0.05, 0) is 36.6 Å². The highest BCUT2D eigenvalue weighted by molar-refractivity contribution is 6.30. The molecular weight excluding hydrogens is 319 g/mol. The van der Waals surface area contributed by atoms with Crippen molar-refractivity contribution >= 4 is 23.2 Å². The number of halogens is 2. The molecule has 7 heteroatoms. The van der Waals surface area contributed by atoms with Crippen LogP contribution in [0.1, 0.15) is 23.3 Å². The quantitative estimate of drug-likeness (QED) is 0.803. The van der Waals surface area contributed by atoms with E-state index in [0.29, 0.717) is 16.8 Å². The Balaban J connectivity index is 1.91. The van der Waals surface area contributed by atoms with E-state index >= 15 is 0 Å². The van der Waals surface area contributed by atoms with Gasteiger partial charge < -0.3 is 5.32 Å². The minimum atomic E-state index is -0.548. The summed E-state index contributed by atoms with van der Waals surface area (Å²) in [7, 11) is 0. The standard InChI is InChI=1S/C16H12ClFN4O/c17-11-5-2-9(8-12(11)18)13-14(16(23)20-10-3-4-10)21-22-7-1-6-19-15(13)22/h1-2,5-8,10H,3-4H2,(H,20,23). The van der Waals surface area contributed by atoms with E-state index in [1.165, 1.54) is 16.6 Å². The van der Waals surface area contributed by atoms with Crippen LogP contribution in [-0.4, -0.2) is 26.5 Å². The van der Waals surface area contributed by atoms with Crippen molar-refractivity contribution in [2.45, 2.75) is 18.9 Å². The van der Waals surface area contributed by atoms with Crippen LogP contribution in [0.2, 0.25) is 5.02 Å². The molecule has 3 aromatic rings. The zero-order valence-corrected chi connectivity index (χ0v) is 12.7. The Bertz CT molecular complexity index is 920. The molecule has 1 aromatic carbocycles. The lowest BCUT2D eigenvalue weighted by atomic mass is 10.1. The molecule has 2 heterocycles. The molecule has 116 valence electrons. The van der Waals surface area contributed by atoms with Crippen molar-refractivity contribution in [3.63, 3.8) is 0 Å². The molecule has 23 heavy (non-hydrogen) atoms. The fourth-order valence-corrected chi connectivity index (χ4v) is 2.56. The van der Waals surface area contributed by atoms with Crippen LogP contribution in [0.25, 0.3) is 16.8 Å². The predicted octanol–water partition coefficient (Wildman–Crippen LogP) is 3.08. The number of carbonyl (C=O) groups excluding carboxylic acids is 1. The van der Waals surface area contributed by atoms with Gasteiger partial charge in [-0.3, -0.25) is 4.79 Å². The van der Waals surface area contributed by atoms with Crippen molar-refractivity contribution in [1.29, 1.82) is 0 Å². The molecule has 1 N–H and O–H groups in total. The molecule has 0 aliphatic heterocycles. The summed E-state index contributed by atoms with van der Waals surface area (Å²) in [5, 5.41) is 7.24. The van der Waals surface area contributed by atoms with Gasteiger partial charge in [-0.2, -0.15) is 5.10 Å². The van der Waals surface area contributed by atoms with Crippen LogP contribution in [-0.2, 0) is 0 Å². The van der Waals surface area contributed by atoms with Gasteiger partial charge in [0.05, 0.1) is 10.6 Å². The first kappa shape index (κ1) is 14.1. The van der Waals surface area contributed by atoms with Crippen molar-refractivity contribution < 1.29 is 9.18 Å². The van der Waals surface area contributed by atoms with E-state index in [-0.39, 0.29) is 22.7 Å². The van der Waals surface area contributed by atoms with Crippen molar-refractivity contribution in [1.82, 2.24) is 19.9 Å². The number of aromatic nitrogens is 3. The van der Waals surface area contributed by atoms with Crippen LogP contribution in [0.15, 0.2) is 36.7 Å². The average molecular weight is 331 g/mol. The monoisotopic (exact) mass is 330 g/mol. The van der Waals surface area contributed by atoms with Gasteiger partial charge in [0, 0.05) is 18.4 Å². The lowest BCUT2D eigenvalue weighted by Gasteiger charge is -2.05. The fraction of sp³-hybridized carbons (Fsp3) is 0.188. The van der Waals surface area contributed by atoms with Crippen molar-refractivity contribution in [2.24, 2.45) is 0 Å². The predicted molar refractivity (Wildman–Crippen MR) is 83.9 cm³/mol. The summed E-state index contributed by atoms with van der Waals surface area (Å²) < 4.78 is 15.4. The molecule has 0 atom stereocenters. The Morgan fingerprint density at radius 1 is 1.39 bits per heavy atom. The van der Waals surface area contributed by atoms with Gasteiger partial charge in [-0.1, -0.05) is 17.7 Å². The molecule has 1 aliphatic rings. The van der Waals surface area contributed by atoms with Gasteiger partial charge in [-0.15, -0.1) is 0 Å². The highest BCUT2D eigenvalue weighted by Crippen LogP contribution is 2.30. The molecule has 2 aromatic heterocycles. The number of fused-ring (bicyclic) bond motifs is 1. The Morgan fingerprint density at radius 2 is 2.22 bits per heavy atom. The molecule has 1 aliphatic carbocycles. The summed E-state index contributed by atoms with van der Waals surface area (Å²) in [6.45, 7) is 0. The SMILES string of the molecule is O=C(NC1CC1)c1nn2cccnc2c1-c1ccc(Cl)c(F)c1. The van der Waals surface area contributed by atoms with Gasteiger partial charge in [0.25, 0.3) is 5.91 Å². The molecule has 0 radical (unpaired) electrons. The normalized spacial score (nSPS) is 14.2. The molecule has 0 saturated heterocycles. The molecule has 5 nitrogen and oxygen atoms in total. The Morgan fingerprint density at radius 3 is 2.96 bits per heavy atom. The molecule has 0 spiro atoms. The number of nitrogens with one attached hydrogen (secondary N) is 1. The minimum absolute atomic E-state index is 0.0298. The second-order valence-electron chi connectivity index (χ2n) is 5.49. The molecule has 0 bridgehead atoms. The third-order valence-electron chi connectivity index (χ3n) is 3.73. The number of hydrogen-bond acceptors (Lipinski definition) is 3. The van der Waals surface area contributed by atoms with Crippen molar-refractivity contribution in [2.75, 3.05) is 0 Å². The first-order valence-corrected chi connectivity index (χ1v) is 7.61. The highest BCUT2D eigenvalue weighted by Gasteiger charge is 2.28. The Labute approximate surface area is 136 Å². The van der Waals surface area contributed by atoms with E-state index in [4.69, 9.17) is 11.6 Å². The Kier molecular flexibility index (Phi) is 3.27. The molecule has 1 saturated carbocycles. The van der Waals surface area contributed by atoms with E-state index in [1.54, 1.807) is 24.5 Å². The molecule has 0 unspecified atom stereocenters. The van der Waals surface area contributed by atoms with Crippen LogP contribution < -0.4 is 5.32 Å². The van der Waals surface area contributed by atoms with Crippen molar-refractivity contribution in [3.8, 4) is 11.1 Å². The second kappa shape index (κ2) is 5.31. The fourth-order valence-electron chi connectivity index (χ4n) is 2.44. The van der Waals surface area contributed by atoms with E-state index in [0.717, 1.165) is 12.8 Å². The van der Waals surface area contributed by atoms with E-state index in [2.05, 4.69) is 15.4 Å². The number of benzene rings is 1. The number of carbonyl (C=O) groups is 1. The zero-order valence-electron chi connectivity index (χ0n) is 12.0. The molecule has 1 amide bonds.